The molecule has 1 atom stereocenters. The van der Waals surface area contributed by atoms with Crippen LogP contribution in [0.3, 0.4) is 0 Å². The van der Waals surface area contributed by atoms with Crippen LogP contribution in [0.2, 0.25) is 5.02 Å². The highest BCUT2D eigenvalue weighted by Gasteiger charge is 2.08. The molecule has 1 aromatic carbocycles. The van der Waals surface area contributed by atoms with Crippen molar-refractivity contribution in [3.05, 3.63) is 45.9 Å². The zero-order valence-corrected chi connectivity index (χ0v) is 10.4. The molecule has 0 saturated carbocycles. The Kier molecular flexibility index (Phi) is 3.88. The largest absolute Gasteiger partial charge is 0.304 e. The van der Waals surface area contributed by atoms with Crippen LogP contribution in [0.1, 0.15) is 24.2 Å². The van der Waals surface area contributed by atoms with Gasteiger partial charge in [0.2, 0.25) is 0 Å². The maximum absolute atomic E-state index is 6.11. The molecule has 1 N–H and O–H groups in total. The molecule has 2 rings (SSSR count). The molecular formula is C11H12ClN3S. The van der Waals surface area contributed by atoms with Gasteiger partial charge in [0.05, 0.1) is 5.69 Å². The van der Waals surface area contributed by atoms with Crippen LogP contribution in [0.15, 0.2) is 29.6 Å². The summed E-state index contributed by atoms with van der Waals surface area (Å²) >= 11 is 7.48. The number of nitrogens with zero attached hydrogens (tertiary/aromatic N) is 2. The van der Waals surface area contributed by atoms with Gasteiger partial charge in [0.25, 0.3) is 0 Å². The predicted octanol–water partition coefficient (Wildman–Crippen LogP) is 3.04. The van der Waals surface area contributed by atoms with Gasteiger partial charge in [0.15, 0.2) is 0 Å². The second kappa shape index (κ2) is 5.39. The molecule has 84 valence electrons. The first-order valence-electron chi connectivity index (χ1n) is 5.01. The molecule has 3 nitrogen and oxygen atoms in total. The van der Waals surface area contributed by atoms with Crippen molar-refractivity contribution in [2.24, 2.45) is 0 Å². The third-order valence-electron chi connectivity index (χ3n) is 2.37. The summed E-state index contributed by atoms with van der Waals surface area (Å²) in [5.74, 6) is 0. The quantitative estimate of drug-likeness (QED) is 0.910. The molecule has 0 spiro atoms. The van der Waals surface area contributed by atoms with Crippen LogP contribution < -0.4 is 5.32 Å². The van der Waals surface area contributed by atoms with Crippen LogP contribution in [0.25, 0.3) is 0 Å². The SMILES string of the molecule is C[C@H](NCc1csnn1)c1ccccc1Cl. The van der Waals surface area contributed by atoms with Gasteiger partial charge >= 0.3 is 0 Å². The summed E-state index contributed by atoms with van der Waals surface area (Å²) in [6.07, 6.45) is 0. The van der Waals surface area contributed by atoms with Gasteiger partial charge < -0.3 is 5.32 Å². The molecule has 5 heteroatoms. The fourth-order valence-corrected chi connectivity index (χ4v) is 2.21. The summed E-state index contributed by atoms with van der Waals surface area (Å²) < 4.78 is 3.82. The summed E-state index contributed by atoms with van der Waals surface area (Å²) in [6.45, 7) is 2.80. The summed E-state index contributed by atoms with van der Waals surface area (Å²) in [7, 11) is 0. The molecule has 0 aliphatic rings. The zero-order chi connectivity index (χ0) is 11.4. The van der Waals surface area contributed by atoms with E-state index in [4.69, 9.17) is 11.6 Å². The van der Waals surface area contributed by atoms with Crippen molar-refractivity contribution < 1.29 is 0 Å². The molecule has 0 bridgehead atoms. The number of hydrogen-bond acceptors (Lipinski definition) is 4. The van der Waals surface area contributed by atoms with Gasteiger partial charge in [-0.3, -0.25) is 0 Å². The lowest BCUT2D eigenvalue weighted by Crippen LogP contribution is -2.18. The van der Waals surface area contributed by atoms with Gasteiger partial charge in [-0.15, -0.1) is 5.10 Å². The molecule has 0 aliphatic heterocycles. The number of hydrogen-bond donors (Lipinski definition) is 1. The minimum Gasteiger partial charge on any atom is -0.304 e. The van der Waals surface area contributed by atoms with E-state index in [2.05, 4.69) is 21.8 Å². The molecule has 0 aliphatic carbocycles. The Hall–Kier alpha value is -0.970. The van der Waals surface area contributed by atoms with Crippen LogP contribution >= 0.6 is 23.1 Å². The van der Waals surface area contributed by atoms with E-state index in [1.165, 1.54) is 11.5 Å². The van der Waals surface area contributed by atoms with Crippen LogP contribution in [0, 0.1) is 0 Å². The van der Waals surface area contributed by atoms with Gasteiger partial charge in [0.1, 0.15) is 0 Å². The predicted molar refractivity (Wildman–Crippen MR) is 66.6 cm³/mol. The van der Waals surface area contributed by atoms with Crippen molar-refractivity contribution >= 4 is 23.1 Å². The Bertz CT molecular complexity index is 444. The van der Waals surface area contributed by atoms with Crippen molar-refractivity contribution in [1.29, 1.82) is 0 Å². The number of halogens is 1. The monoisotopic (exact) mass is 253 g/mol. The number of aromatic nitrogens is 2. The Morgan fingerprint density at radius 1 is 1.44 bits per heavy atom. The summed E-state index contributed by atoms with van der Waals surface area (Å²) in [4.78, 5) is 0. The summed E-state index contributed by atoms with van der Waals surface area (Å²) in [5, 5.41) is 10.1. The van der Waals surface area contributed by atoms with Crippen LogP contribution in [0.4, 0.5) is 0 Å². The van der Waals surface area contributed by atoms with Crippen molar-refractivity contribution in [3.63, 3.8) is 0 Å². The van der Waals surface area contributed by atoms with Gasteiger partial charge in [-0.25, -0.2) is 0 Å². The third kappa shape index (κ3) is 2.78. The van der Waals surface area contributed by atoms with E-state index in [-0.39, 0.29) is 6.04 Å². The third-order valence-corrected chi connectivity index (χ3v) is 3.26. The standard InChI is InChI=1S/C11H12ClN3S/c1-8(10-4-2-3-5-11(10)12)13-6-9-7-16-15-14-9/h2-5,7-8,13H,6H2,1H3/t8-/m0/s1. The molecule has 16 heavy (non-hydrogen) atoms. The molecule has 0 saturated heterocycles. The van der Waals surface area contributed by atoms with Crippen molar-refractivity contribution in [3.8, 4) is 0 Å². The number of benzene rings is 1. The minimum atomic E-state index is 0.204. The highest BCUT2D eigenvalue weighted by molar-refractivity contribution is 7.03. The van der Waals surface area contributed by atoms with E-state index in [1.807, 2.05) is 29.6 Å². The molecule has 0 unspecified atom stereocenters. The highest BCUT2D eigenvalue weighted by atomic mass is 35.5. The van der Waals surface area contributed by atoms with Gasteiger partial charge in [-0.2, -0.15) is 0 Å². The van der Waals surface area contributed by atoms with E-state index in [0.717, 1.165) is 16.3 Å². The Balaban J connectivity index is 1.98. The molecule has 0 radical (unpaired) electrons. The van der Waals surface area contributed by atoms with Crippen molar-refractivity contribution in [2.75, 3.05) is 0 Å². The fraction of sp³-hybridized carbons (Fsp3) is 0.273. The van der Waals surface area contributed by atoms with E-state index in [9.17, 15) is 0 Å². The maximum atomic E-state index is 6.11. The second-order valence-electron chi connectivity index (χ2n) is 3.52. The lowest BCUT2D eigenvalue weighted by Gasteiger charge is -2.14. The summed E-state index contributed by atoms with van der Waals surface area (Å²) in [6, 6.07) is 8.06. The fourth-order valence-electron chi connectivity index (χ4n) is 1.45. The first kappa shape index (κ1) is 11.5. The first-order chi connectivity index (χ1) is 7.77. The molecule has 1 heterocycles. The lowest BCUT2D eigenvalue weighted by molar-refractivity contribution is 0.567. The van der Waals surface area contributed by atoms with Gasteiger partial charge in [-0.1, -0.05) is 34.3 Å². The Morgan fingerprint density at radius 2 is 2.25 bits per heavy atom. The molecular weight excluding hydrogens is 242 g/mol. The Morgan fingerprint density at radius 3 is 2.94 bits per heavy atom. The second-order valence-corrected chi connectivity index (χ2v) is 4.54. The highest BCUT2D eigenvalue weighted by Crippen LogP contribution is 2.22. The number of rotatable bonds is 4. The van der Waals surface area contributed by atoms with Crippen LogP contribution in [-0.4, -0.2) is 9.59 Å². The van der Waals surface area contributed by atoms with E-state index >= 15 is 0 Å². The van der Waals surface area contributed by atoms with Crippen molar-refractivity contribution in [1.82, 2.24) is 14.9 Å². The average Bonchev–Trinajstić information content (AvgIpc) is 2.79. The Labute approximate surface area is 104 Å². The first-order valence-corrected chi connectivity index (χ1v) is 6.22. The number of nitrogens with one attached hydrogen (secondary N) is 1. The van der Waals surface area contributed by atoms with Gasteiger partial charge in [-0.05, 0) is 30.1 Å². The maximum Gasteiger partial charge on any atom is 0.0893 e. The topological polar surface area (TPSA) is 37.8 Å². The molecule has 1 aromatic heterocycles. The van der Waals surface area contributed by atoms with Crippen molar-refractivity contribution in [2.45, 2.75) is 19.5 Å². The lowest BCUT2D eigenvalue weighted by atomic mass is 10.1. The zero-order valence-electron chi connectivity index (χ0n) is 8.85. The average molecular weight is 254 g/mol. The smallest absolute Gasteiger partial charge is 0.0893 e. The van der Waals surface area contributed by atoms with E-state index < -0.39 is 0 Å². The molecule has 0 amide bonds. The minimum absolute atomic E-state index is 0.204. The van der Waals surface area contributed by atoms with E-state index in [1.54, 1.807) is 0 Å². The summed E-state index contributed by atoms with van der Waals surface area (Å²) in [5.41, 5.74) is 2.07. The molecule has 2 aromatic rings. The van der Waals surface area contributed by atoms with Crippen LogP contribution in [0.5, 0.6) is 0 Å². The van der Waals surface area contributed by atoms with Crippen LogP contribution in [-0.2, 0) is 6.54 Å². The van der Waals surface area contributed by atoms with E-state index in [0.29, 0.717) is 6.54 Å². The molecule has 0 fully saturated rings. The normalized spacial score (nSPS) is 12.6. The van der Waals surface area contributed by atoms with Gasteiger partial charge in [0, 0.05) is 23.0 Å².